The van der Waals surface area contributed by atoms with Crippen molar-refractivity contribution in [2.45, 2.75) is 19.4 Å². The van der Waals surface area contributed by atoms with Crippen LogP contribution in [0.1, 0.15) is 23.2 Å². The van der Waals surface area contributed by atoms with E-state index < -0.39 is 11.7 Å². The number of nitrogens with zero attached hydrogens (tertiary/aromatic N) is 1. The van der Waals surface area contributed by atoms with Gasteiger partial charge in [-0.1, -0.05) is 18.2 Å². The summed E-state index contributed by atoms with van der Waals surface area (Å²) in [6, 6.07) is 13.7. The van der Waals surface area contributed by atoms with E-state index in [9.17, 15) is 14.4 Å². The number of rotatable bonds is 6. The standard InChI is InChI=1S/C19H18N2O5/c1-25-18(23)13-6-4-7-14(12-13)20-17(22)10-5-11-21-15-8-2-3-9-16(15)26-19(21)24/h2-4,6-9,12H,5,10-11H2,1H3,(H,20,22). The summed E-state index contributed by atoms with van der Waals surface area (Å²) in [4.78, 5) is 35.5. The second kappa shape index (κ2) is 7.69. The molecule has 3 aromatic rings. The van der Waals surface area contributed by atoms with Crippen LogP contribution in [-0.4, -0.2) is 23.6 Å². The van der Waals surface area contributed by atoms with Crippen LogP contribution in [-0.2, 0) is 16.1 Å². The molecule has 0 spiro atoms. The summed E-state index contributed by atoms with van der Waals surface area (Å²) in [5.41, 5.74) is 2.12. The Morgan fingerprint density at radius 3 is 2.77 bits per heavy atom. The molecule has 7 heteroatoms. The van der Waals surface area contributed by atoms with Gasteiger partial charge in [0.05, 0.1) is 18.2 Å². The second-order valence-electron chi connectivity index (χ2n) is 5.71. The smallest absolute Gasteiger partial charge is 0.419 e. The molecule has 0 aliphatic carbocycles. The number of aryl methyl sites for hydroxylation is 1. The highest BCUT2D eigenvalue weighted by Gasteiger charge is 2.10. The molecule has 26 heavy (non-hydrogen) atoms. The number of methoxy groups -OCH3 is 1. The second-order valence-corrected chi connectivity index (χ2v) is 5.71. The predicted octanol–water partition coefficient (Wildman–Crippen LogP) is 2.80. The largest absolute Gasteiger partial charge is 0.465 e. The molecule has 0 fully saturated rings. The molecule has 0 atom stereocenters. The fraction of sp³-hybridized carbons (Fsp3) is 0.211. The Labute approximate surface area is 149 Å². The number of anilines is 1. The third-order valence-electron chi connectivity index (χ3n) is 3.93. The van der Waals surface area contributed by atoms with Gasteiger partial charge in [0.25, 0.3) is 0 Å². The molecule has 2 aromatic carbocycles. The van der Waals surface area contributed by atoms with E-state index in [0.29, 0.717) is 35.3 Å². The summed E-state index contributed by atoms with van der Waals surface area (Å²) in [5, 5.41) is 2.74. The van der Waals surface area contributed by atoms with Gasteiger partial charge in [0.2, 0.25) is 5.91 Å². The van der Waals surface area contributed by atoms with Crippen molar-refractivity contribution in [2.75, 3.05) is 12.4 Å². The lowest BCUT2D eigenvalue weighted by atomic mass is 10.2. The van der Waals surface area contributed by atoms with Crippen molar-refractivity contribution in [2.24, 2.45) is 0 Å². The van der Waals surface area contributed by atoms with Crippen LogP contribution in [0.5, 0.6) is 0 Å². The minimum Gasteiger partial charge on any atom is -0.465 e. The Kier molecular flexibility index (Phi) is 5.17. The van der Waals surface area contributed by atoms with Crippen LogP contribution in [0.2, 0.25) is 0 Å². The average Bonchev–Trinajstić information content (AvgIpc) is 2.97. The molecule has 7 nitrogen and oxygen atoms in total. The molecule has 0 radical (unpaired) electrons. The Balaban J connectivity index is 1.58. The summed E-state index contributed by atoms with van der Waals surface area (Å²) in [6.45, 7) is 0.380. The summed E-state index contributed by atoms with van der Waals surface area (Å²) >= 11 is 0. The van der Waals surface area contributed by atoms with Gasteiger partial charge in [-0.05, 0) is 36.8 Å². The molecule has 1 amide bonds. The zero-order valence-electron chi connectivity index (χ0n) is 14.2. The van der Waals surface area contributed by atoms with E-state index in [2.05, 4.69) is 10.1 Å². The van der Waals surface area contributed by atoms with E-state index in [-0.39, 0.29) is 12.3 Å². The first-order valence-electron chi connectivity index (χ1n) is 8.15. The third-order valence-corrected chi connectivity index (χ3v) is 3.93. The van der Waals surface area contributed by atoms with Gasteiger partial charge in [-0.15, -0.1) is 0 Å². The Morgan fingerprint density at radius 2 is 1.96 bits per heavy atom. The molecule has 134 valence electrons. The molecular weight excluding hydrogens is 336 g/mol. The minimum atomic E-state index is -0.465. The third kappa shape index (κ3) is 3.83. The molecule has 1 aromatic heterocycles. The van der Waals surface area contributed by atoms with Crippen LogP contribution in [0.4, 0.5) is 5.69 Å². The fourth-order valence-electron chi connectivity index (χ4n) is 2.69. The van der Waals surface area contributed by atoms with E-state index >= 15 is 0 Å². The number of oxazole rings is 1. The predicted molar refractivity (Wildman–Crippen MR) is 96.1 cm³/mol. The fourth-order valence-corrected chi connectivity index (χ4v) is 2.69. The molecule has 0 saturated heterocycles. The topological polar surface area (TPSA) is 90.5 Å². The highest BCUT2D eigenvalue weighted by atomic mass is 16.5. The molecule has 0 aliphatic rings. The maximum absolute atomic E-state index is 12.1. The van der Waals surface area contributed by atoms with Gasteiger partial charge in [0.1, 0.15) is 0 Å². The minimum absolute atomic E-state index is 0.201. The van der Waals surface area contributed by atoms with Crippen LogP contribution in [0.15, 0.2) is 57.7 Å². The van der Waals surface area contributed by atoms with E-state index in [4.69, 9.17) is 4.42 Å². The quantitative estimate of drug-likeness (QED) is 0.688. The molecule has 1 N–H and O–H groups in total. The molecule has 0 aliphatic heterocycles. The van der Waals surface area contributed by atoms with Crippen molar-refractivity contribution in [1.82, 2.24) is 4.57 Å². The van der Waals surface area contributed by atoms with Crippen LogP contribution in [0.25, 0.3) is 11.1 Å². The number of carbonyl (C=O) groups excluding carboxylic acids is 2. The zero-order valence-corrected chi connectivity index (χ0v) is 14.2. The van der Waals surface area contributed by atoms with Crippen LogP contribution >= 0.6 is 0 Å². The van der Waals surface area contributed by atoms with Crippen LogP contribution in [0, 0.1) is 0 Å². The first-order chi connectivity index (χ1) is 12.6. The number of para-hydroxylation sites is 2. The molecule has 1 heterocycles. The van der Waals surface area contributed by atoms with E-state index in [1.165, 1.54) is 11.7 Å². The van der Waals surface area contributed by atoms with Gasteiger partial charge < -0.3 is 14.5 Å². The Bertz CT molecular complexity index is 1000. The number of aromatic nitrogens is 1. The van der Waals surface area contributed by atoms with Crippen LogP contribution in [0.3, 0.4) is 0 Å². The number of ether oxygens (including phenoxy) is 1. The van der Waals surface area contributed by atoms with Crippen molar-refractivity contribution in [3.63, 3.8) is 0 Å². The first kappa shape index (κ1) is 17.5. The number of nitrogens with one attached hydrogen (secondary N) is 1. The Morgan fingerprint density at radius 1 is 1.15 bits per heavy atom. The number of carbonyl (C=O) groups is 2. The number of hydrogen-bond acceptors (Lipinski definition) is 5. The molecule has 0 unspecified atom stereocenters. The summed E-state index contributed by atoms with van der Waals surface area (Å²) < 4.78 is 11.3. The highest BCUT2D eigenvalue weighted by molar-refractivity contribution is 5.94. The lowest BCUT2D eigenvalue weighted by molar-refractivity contribution is -0.116. The molecular formula is C19H18N2O5. The van der Waals surface area contributed by atoms with Gasteiger partial charge in [-0.2, -0.15) is 0 Å². The summed E-state index contributed by atoms with van der Waals surface area (Å²) in [5.74, 6) is -1.10. The SMILES string of the molecule is COC(=O)c1cccc(NC(=O)CCCn2c(=O)oc3ccccc32)c1. The number of fused-ring (bicyclic) bond motifs is 1. The molecule has 0 bridgehead atoms. The number of amides is 1. The lowest BCUT2D eigenvalue weighted by Gasteiger charge is -2.07. The number of hydrogen-bond donors (Lipinski definition) is 1. The maximum atomic E-state index is 12.1. The average molecular weight is 354 g/mol. The monoisotopic (exact) mass is 354 g/mol. The summed E-state index contributed by atoms with van der Waals surface area (Å²) in [7, 11) is 1.30. The van der Waals surface area contributed by atoms with Gasteiger partial charge in [-0.25, -0.2) is 9.59 Å². The van der Waals surface area contributed by atoms with E-state index in [1.54, 1.807) is 42.5 Å². The van der Waals surface area contributed by atoms with Gasteiger partial charge in [0.15, 0.2) is 5.58 Å². The number of esters is 1. The van der Waals surface area contributed by atoms with E-state index in [1.807, 2.05) is 6.07 Å². The van der Waals surface area contributed by atoms with Crippen molar-refractivity contribution in [3.8, 4) is 0 Å². The first-order valence-corrected chi connectivity index (χ1v) is 8.15. The van der Waals surface area contributed by atoms with Crippen molar-refractivity contribution in [3.05, 3.63) is 64.6 Å². The normalized spacial score (nSPS) is 10.7. The van der Waals surface area contributed by atoms with Gasteiger partial charge in [-0.3, -0.25) is 9.36 Å². The van der Waals surface area contributed by atoms with E-state index in [0.717, 1.165) is 0 Å². The number of benzene rings is 2. The maximum Gasteiger partial charge on any atom is 0.419 e. The molecule has 0 saturated carbocycles. The molecule has 3 rings (SSSR count). The van der Waals surface area contributed by atoms with Crippen molar-refractivity contribution in [1.29, 1.82) is 0 Å². The van der Waals surface area contributed by atoms with Gasteiger partial charge in [0, 0.05) is 18.7 Å². The Hall–Kier alpha value is -3.35. The zero-order chi connectivity index (χ0) is 18.5. The lowest BCUT2D eigenvalue weighted by Crippen LogP contribution is -2.17. The van der Waals surface area contributed by atoms with Crippen molar-refractivity contribution >= 4 is 28.7 Å². The van der Waals surface area contributed by atoms with Gasteiger partial charge >= 0.3 is 11.7 Å². The van der Waals surface area contributed by atoms with Crippen LogP contribution < -0.4 is 11.1 Å². The summed E-state index contributed by atoms with van der Waals surface area (Å²) in [6.07, 6.45) is 0.709. The van der Waals surface area contributed by atoms with Crippen molar-refractivity contribution < 1.29 is 18.7 Å². The highest BCUT2D eigenvalue weighted by Crippen LogP contribution is 2.14.